The Morgan fingerprint density at radius 2 is 1.78 bits per heavy atom. The zero-order chi connectivity index (χ0) is 16.2. The van der Waals surface area contributed by atoms with Gasteiger partial charge in [-0.2, -0.15) is 0 Å². The lowest BCUT2D eigenvalue weighted by Crippen LogP contribution is -2.15. The molecule has 2 aromatic carbocycles. The maximum Gasteiger partial charge on any atom is 0.261 e. The van der Waals surface area contributed by atoms with Gasteiger partial charge in [0.1, 0.15) is 11.6 Å². The molecule has 0 aliphatic heterocycles. The fraction of sp³-hybridized carbons (Fsp3) is 0.0588. The number of hydrogen-bond donors (Lipinski definition) is 2. The van der Waals surface area contributed by atoms with Gasteiger partial charge in [0.05, 0.1) is 5.56 Å². The number of rotatable bonds is 4. The van der Waals surface area contributed by atoms with E-state index in [9.17, 15) is 9.18 Å². The summed E-state index contributed by atoms with van der Waals surface area (Å²) < 4.78 is 12.9. The molecule has 6 heteroatoms. The summed E-state index contributed by atoms with van der Waals surface area (Å²) >= 11 is 1.34. The molecule has 0 saturated heterocycles. The lowest BCUT2D eigenvalue weighted by Gasteiger charge is -2.07. The van der Waals surface area contributed by atoms with E-state index in [-0.39, 0.29) is 17.2 Å². The van der Waals surface area contributed by atoms with E-state index < -0.39 is 0 Å². The van der Waals surface area contributed by atoms with Crippen LogP contribution in [0.1, 0.15) is 5.56 Å². The van der Waals surface area contributed by atoms with Gasteiger partial charge in [0.15, 0.2) is 5.16 Å². The number of benzene rings is 2. The van der Waals surface area contributed by atoms with Crippen molar-refractivity contribution in [1.82, 2.24) is 9.97 Å². The second-order valence-corrected chi connectivity index (χ2v) is 5.88. The van der Waals surface area contributed by atoms with Crippen molar-refractivity contribution < 1.29 is 4.39 Å². The van der Waals surface area contributed by atoms with Gasteiger partial charge in [-0.15, -0.1) is 0 Å². The molecular weight excluding hydrogens is 313 g/mol. The smallest absolute Gasteiger partial charge is 0.261 e. The lowest BCUT2D eigenvalue weighted by molar-refractivity contribution is 0.627. The van der Waals surface area contributed by atoms with Crippen LogP contribution in [0.15, 0.2) is 64.5 Å². The van der Waals surface area contributed by atoms with Gasteiger partial charge in [-0.05, 0) is 23.3 Å². The molecule has 3 N–H and O–H groups in total. The summed E-state index contributed by atoms with van der Waals surface area (Å²) in [7, 11) is 0. The number of thioether (sulfide) groups is 1. The molecule has 0 radical (unpaired) electrons. The number of anilines is 1. The van der Waals surface area contributed by atoms with Gasteiger partial charge in [0, 0.05) is 5.75 Å². The summed E-state index contributed by atoms with van der Waals surface area (Å²) in [6.07, 6.45) is 0. The first-order valence-corrected chi connectivity index (χ1v) is 7.94. The van der Waals surface area contributed by atoms with Gasteiger partial charge < -0.3 is 10.7 Å². The van der Waals surface area contributed by atoms with Crippen LogP contribution in [0.4, 0.5) is 10.2 Å². The monoisotopic (exact) mass is 327 g/mol. The van der Waals surface area contributed by atoms with Crippen LogP contribution in [-0.2, 0) is 5.75 Å². The molecular formula is C17H14FN3OS. The molecule has 0 aliphatic carbocycles. The highest BCUT2D eigenvalue weighted by Crippen LogP contribution is 2.24. The number of hydrogen-bond acceptors (Lipinski definition) is 4. The first kappa shape index (κ1) is 15.3. The third-order valence-electron chi connectivity index (χ3n) is 3.28. The number of nitrogen functional groups attached to an aromatic ring is 1. The number of H-pyrrole nitrogens is 1. The summed E-state index contributed by atoms with van der Waals surface area (Å²) in [5.41, 5.74) is 7.71. The van der Waals surface area contributed by atoms with Gasteiger partial charge in [-0.3, -0.25) is 4.79 Å². The minimum absolute atomic E-state index is 0.196. The highest BCUT2D eigenvalue weighted by molar-refractivity contribution is 7.98. The highest BCUT2D eigenvalue weighted by Gasteiger charge is 2.11. The summed E-state index contributed by atoms with van der Waals surface area (Å²) in [6.45, 7) is 0. The average molecular weight is 327 g/mol. The Kier molecular flexibility index (Phi) is 4.43. The zero-order valence-corrected chi connectivity index (χ0v) is 12.9. The number of nitrogens with one attached hydrogen (secondary N) is 1. The topological polar surface area (TPSA) is 71.8 Å². The Balaban J connectivity index is 1.82. The van der Waals surface area contributed by atoms with Crippen LogP contribution >= 0.6 is 11.8 Å². The predicted molar refractivity (Wildman–Crippen MR) is 90.7 cm³/mol. The van der Waals surface area contributed by atoms with Crippen LogP contribution in [0.5, 0.6) is 0 Å². The predicted octanol–water partition coefficient (Wildman–Crippen LogP) is 3.45. The second kappa shape index (κ2) is 6.66. The van der Waals surface area contributed by atoms with Crippen molar-refractivity contribution >= 4 is 17.6 Å². The van der Waals surface area contributed by atoms with E-state index in [0.717, 1.165) is 11.1 Å². The van der Waals surface area contributed by atoms with E-state index in [1.807, 2.05) is 30.3 Å². The van der Waals surface area contributed by atoms with Crippen LogP contribution in [0.25, 0.3) is 11.1 Å². The maximum absolute atomic E-state index is 12.9. The molecule has 0 aliphatic rings. The standard InChI is InChI=1S/C17H14FN3OS/c18-13-8-6-11(7-9-13)10-23-17-20-15(19)14(16(22)21-17)12-4-2-1-3-5-12/h1-9H,10H2,(H3,19,20,21,22). The van der Waals surface area contributed by atoms with E-state index in [4.69, 9.17) is 5.73 Å². The van der Waals surface area contributed by atoms with Crippen molar-refractivity contribution in [2.75, 3.05) is 5.73 Å². The van der Waals surface area contributed by atoms with Crippen LogP contribution in [0.3, 0.4) is 0 Å². The Labute approximate surface area is 136 Å². The minimum atomic E-state index is -0.276. The second-order valence-electron chi connectivity index (χ2n) is 4.91. The Hall–Kier alpha value is -2.60. The molecule has 4 nitrogen and oxygen atoms in total. The first-order chi connectivity index (χ1) is 11.1. The molecule has 0 bridgehead atoms. The lowest BCUT2D eigenvalue weighted by atomic mass is 10.1. The van der Waals surface area contributed by atoms with Gasteiger partial charge in [-0.25, -0.2) is 9.37 Å². The maximum atomic E-state index is 12.9. The molecule has 0 amide bonds. The average Bonchev–Trinajstić information content (AvgIpc) is 2.55. The van der Waals surface area contributed by atoms with E-state index in [2.05, 4.69) is 9.97 Å². The summed E-state index contributed by atoms with van der Waals surface area (Å²) in [5, 5.41) is 0.441. The molecule has 116 valence electrons. The van der Waals surface area contributed by atoms with E-state index in [1.54, 1.807) is 12.1 Å². The van der Waals surface area contributed by atoms with Gasteiger partial charge in [-0.1, -0.05) is 54.2 Å². The molecule has 0 atom stereocenters. The molecule has 0 unspecified atom stereocenters. The van der Waals surface area contributed by atoms with Gasteiger partial charge >= 0.3 is 0 Å². The van der Waals surface area contributed by atoms with Crippen molar-refractivity contribution in [3.05, 3.63) is 76.3 Å². The van der Waals surface area contributed by atoms with Gasteiger partial charge in [0.25, 0.3) is 5.56 Å². The molecule has 3 aromatic rings. The largest absolute Gasteiger partial charge is 0.383 e. The first-order valence-electron chi connectivity index (χ1n) is 6.96. The van der Waals surface area contributed by atoms with Crippen LogP contribution in [0.2, 0.25) is 0 Å². The Morgan fingerprint density at radius 1 is 1.09 bits per heavy atom. The molecule has 1 aromatic heterocycles. The van der Waals surface area contributed by atoms with Crippen molar-refractivity contribution in [2.45, 2.75) is 10.9 Å². The Morgan fingerprint density at radius 3 is 2.43 bits per heavy atom. The normalized spacial score (nSPS) is 10.7. The zero-order valence-electron chi connectivity index (χ0n) is 12.1. The van der Waals surface area contributed by atoms with Crippen molar-refractivity contribution in [3.63, 3.8) is 0 Å². The van der Waals surface area contributed by atoms with Crippen molar-refractivity contribution in [3.8, 4) is 11.1 Å². The highest BCUT2D eigenvalue weighted by atomic mass is 32.2. The van der Waals surface area contributed by atoms with E-state index >= 15 is 0 Å². The van der Waals surface area contributed by atoms with Crippen LogP contribution < -0.4 is 11.3 Å². The van der Waals surface area contributed by atoms with Crippen LogP contribution in [-0.4, -0.2) is 9.97 Å². The summed E-state index contributed by atoms with van der Waals surface area (Å²) in [6, 6.07) is 15.4. The van der Waals surface area contributed by atoms with Gasteiger partial charge in [0.2, 0.25) is 0 Å². The molecule has 23 heavy (non-hydrogen) atoms. The van der Waals surface area contributed by atoms with E-state index in [0.29, 0.717) is 16.5 Å². The molecule has 0 spiro atoms. The third kappa shape index (κ3) is 3.60. The molecule has 0 fully saturated rings. The number of halogens is 1. The molecule has 0 saturated carbocycles. The summed E-state index contributed by atoms with van der Waals surface area (Å²) in [5.74, 6) is 0.483. The Bertz CT molecular complexity index is 863. The molecule has 3 rings (SSSR count). The number of aromatic amines is 1. The number of aromatic nitrogens is 2. The SMILES string of the molecule is Nc1nc(SCc2ccc(F)cc2)[nH]c(=O)c1-c1ccccc1. The third-order valence-corrected chi connectivity index (χ3v) is 4.22. The minimum Gasteiger partial charge on any atom is -0.383 e. The number of nitrogens with two attached hydrogens (primary N) is 1. The quantitative estimate of drug-likeness (QED) is 0.569. The fourth-order valence-electron chi connectivity index (χ4n) is 2.15. The van der Waals surface area contributed by atoms with Crippen molar-refractivity contribution in [1.29, 1.82) is 0 Å². The fourth-order valence-corrected chi connectivity index (χ4v) is 2.98. The van der Waals surface area contributed by atoms with E-state index in [1.165, 1.54) is 23.9 Å². The summed E-state index contributed by atoms with van der Waals surface area (Å²) in [4.78, 5) is 19.3. The van der Waals surface area contributed by atoms with Crippen LogP contribution in [0, 0.1) is 5.82 Å². The number of nitrogens with zero attached hydrogens (tertiary/aromatic N) is 1. The van der Waals surface area contributed by atoms with Crippen molar-refractivity contribution in [2.24, 2.45) is 0 Å². The molecule has 1 heterocycles.